The number of rotatable bonds is 1. The topological polar surface area (TPSA) is 69.5 Å². The molecule has 100 valence electrons. The number of hydrogen-bond acceptors (Lipinski definition) is 5. The summed E-state index contributed by atoms with van der Waals surface area (Å²) in [4.78, 5) is 19.5. The predicted molar refractivity (Wildman–Crippen MR) is 69.8 cm³/mol. The van der Waals surface area contributed by atoms with Crippen LogP contribution in [-0.2, 0) is 4.74 Å². The lowest BCUT2D eigenvalue weighted by Crippen LogP contribution is -2.35. The lowest BCUT2D eigenvalue weighted by molar-refractivity contribution is 0.126. The van der Waals surface area contributed by atoms with Gasteiger partial charge in [-0.3, -0.25) is 0 Å². The van der Waals surface area contributed by atoms with E-state index in [4.69, 9.17) is 10.00 Å². The summed E-state index contributed by atoms with van der Waals surface area (Å²) in [6, 6.07) is 5.65. The molecule has 1 aromatic rings. The van der Waals surface area contributed by atoms with Crippen molar-refractivity contribution in [2.75, 3.05) is 38.2 Å². The fourth-order valence-electron chi connectivity index (χ4n) is 2.18. The SMILES string of the molecule is COC(=O)N1CCCN(c2ncccc2C#N)CC1. The maximum Gasteiger partial charge on any atom is 0.409 e. The Morgan fingerprint density at radius 3 is 3.00 bits per heavy atom. The van der Waals surface area contributed by atoms with E-state index in [2.05, 4.69) is 11.1 Å². The number of nitriles is 1. The number of methoxy groups -OCH3 is 1. The van der Waals surface area contributed by atoms with Crippen molar-refractivity contribution in [3.63, 3.8) is 0 Å². The van der Waals surface area contributed by atoms with Crippen LogP contribution in [0.15, 0.2) is 18.3 Å². The van der Waals surface area contributed by atoms with Crippen LogP contribution in [0.1, 0.15) is 12.0 Å². The van der Waals surface area contributed by atoms with E-state index in [0.29, 0.717) is 31.0 Å². The summed E-state index contributed by atoms with van der Waals surface area (Å²) < 4.78 is 4.73. The molecule has 1 aliphatic rings. The number of anilines is 1. The van der Waals surface area contributed by atoms with Gasteiger partial charge in [-0.1, -0.05) is 0 Å². The monoisotopic (exact) mass is 260 g/mol. The highest BCUT2D eigenvalue weighted by molar-refractivity contribution is 5.67. The van der Waals surface area contributed by atoms with Gasteiger partial charge in [0.2, 0.25) is 0 Å². The van der Waals surface area contributed by atoms with Crippen molar-refractivity contribution in [3.05, 3.63) is 23.9 Å². The third kappa shape index (κ3) is 2.94. The Labute approximate surface area is 112 Å². The van der Waals surface area contributed by atoms with Crippen LogP contribution in [-0.4, -0.2) is 49.3 Å². The fraction of sp³-hybridized carbons (Fsp3) is 0.462. The van der Waals surface area contributed by atoms with Crippen LogP contribution in [0, 0.1) is 11.3 Å². The Balaban J connectivity index is 2.11. The van der Waals surface area contributed by atoms with Gasteiger partial charge >= 0.3 is 6.09 Å². The van der Waals surface area contributed by atoms with Crippen LogP contribution in [0.25, 0.3) is 0 Å². The molecule has 1 fully saturated rings. The number of carbonyl (C=O) groups excluding carboxylic acids is 1. The molecule has 0 saturated carbocycles. The van der Waals surface area contributed by atoms with Gasteiger partial charge in [-0.25, -0.2) is 9.78 Å². The first kappa shape index (κ1) is 13.1. The van der Waals surface area contributed by atoms with Crippen molar-refractivity contribution < 1.29 is 9.53 Å². The average Bonchev–Trinajstić information content (AvgIpc) is 2.72. The molecule has 0 aromatic carbocycles. The van der Waals surface area contributed by atoms with Crippen LogP contribution in [0.3, 0.4) is 0 Å². The van der Waals surface area contributed by atoms with Gasteiger partial charge < -0.3 is 14.5 Å². The predicted octanol–water partition coefficient (Wildman–Crippen LogP) is 1.23. The molecule has 6 nitrogen and oxygen atoms in total. The second-order valence-electron chi connectivity index (χ2n) is 4.28. The minimum Gasteiger partial charge on any atom is -0.453 e. The summed E-state index contributed by atoms with van der Waals surface area (Å²) in [6.07, 6.45) is 2.21. The normalized spacial score (nSPS) is 15.6. The Morgan fingerprint density at radius 2 is 2.26 bits per heavy atom. The Morgan fingerprint density at radius 1 is 1.42 bits per heavy atom. The largest absolute Gasteiger partial charge is 0.453 e. The molecule has 0 aliphatic carbocycles. The first-order valence-corrected chi connectivity index (χ1v) is 6.19. The highest BCUT2D eigenvalue weighted by Crippen LogP contribution is 2.18. The van der Waals surface area contributed by atoms with E-state index in [-0.39, 0.29) is 6.09 Å². The number of carbonyl (C=O) groups is 1. The molecule has 0 unspecified atom stereocenters. The number of hydrogen-bond donors (Lipinski definition) is 0. The van der Waals surface area contributed by atoms with Crippen molar-refractivity contribution in [2.45, 2.75) is 6.42 Å². The molecule has 0 bridgehead atoms. The molecule has 6 heteroatoms. The minimum atomic E-state index is -0.302. The number of amides is 1. The highest BCUT2D eigenvalue weighted by atomic mass is 16.5. The first-order chi connectivity index (χ1) is 9.26. The summed E-state index contributed by atoms with van der Waals surface area (Å²) in [5.41, 5.74) is 0.564. The Hall–Kier alpha value is -2.29. The smallest absolute Gasteiger partial charge is 0.409 e. The molecule has 2 rings (SSSR count). The van der Waals surface area contributed by atoms with Gasteiger partial charge in [0.15, 0.2) is 0 Å². The summed E-state index contributed by atoms with van der Waals surface area (Å²) in [5.74, 6) is 0.691. The van der Waals surface area contributed by atoms with Gasteiger partial charge in [-0.15, -0.1) is 0 Å². The highest BCUT2D eigenvalue weighted by Gasteiger charge is 2.21. The number of ether oxygens (including phenoxy) is 1. The van der Waals surface area contributed by atoms with E-state index in [9.17, 15) is 4.79 Å². The maximum absolute atomic E-state index is 11.5. The van der Waals surface area contributed by atoms with Gasteiger partial charge in [-0.2, -0.15) is 5.26 Å². The summed E-state index contributed by atoms with van der Waals surface area (Å²) in [7, 11) is 1.39. The first-order valence-electron chi connectivity index (χ1n) is 6.19. The second kappa shape index (κ2) is 6.05. The van der Waals surface area contributed by atoms with Crippen LogP contribution < -0.4 is 4.90 Å². The van der Waals surface area contributed by atoms with Gasteiger partial charge in [0.25, 0.3) is 0 Å². The lowest BCUT2D eigenvalue weighted by Gasteiger charge is -2.22. The van der Waals surface area contributed by atoms with Gasteiger partial charge in [-0.05, 0) is 18.6 Å². The quantitative estimate of drug-likeness (QED) is 0.759. The van der Waals surface area contributed by atoms with Crippen LogP contribution in [0.2, 0.25) is 0 Å². The number of pyridine rings is 1. The molecule has 1 amide bonds. The second-order valence-corrected chi connectivity index (χ2v) is 4.28. The molecule has 0 spiro atoms. The van der Waals surface area contributed by atoms with E-state index in [1.54, 1.807) is 23.2 Å². The zero-order chi connectivity index (χ0) is 13.7. The number of aromatic nitrogens is 1. The summed E-state index contributed by atoms with van der Waals surface area (Å²) in [6.45, 7) is 2.67. The van der Waals surface area contributed by atoms with E-state index in [0.717, 1.165) is 13.0 Å². The molecule has 2 heterocycles. The van der Waals surface area contributed by atoms with Gasteiger partial charge in [0, 0.05) is 32.4 Å². The summed E-state index contributed by atoms with van der Waals surface area (Å²) in [5, 5.41) is 9.10. The van der Waals surface area contributed by atoms with E-state index < -0.39 is 0 Å². The third-order valence-corrected chi connectivity index (χ3v) is 3.14. The van der Waals surface area contributed by atoms with Crippen LogP contribution in [0.4, 0.5) is 10.6 Å². The van der Waals surface area contributed by atoms with Crippen molar-refractivity contribution in [1.82, 2.24) is 9.88 Å². The Bertz CT molecular complexity index is 498. The van der Waals surface area contributed by atoms with Crippen molar-refractivity contribution >= 4 is 11.9 Å². The van der Waals surface area contributed by atoms with Crippen molar-refractivity contribution in [2.24, 2.45) is 0 Å². The zero-order valence-corrected chi connectivity index (χ0v) is 10.9. The molecular formula is C13H16N4O2. The average molecular weight is 260 g/mol. The molecule has 0 radical (unpaired) electrons. The van der Waals surface area contributed by atoms with Crippen LogP contribution >= 0.6 is 0 Å². The Kier molecular flexibility index (Phi) is 4.18. The van der Waals surface area contributed by atoms with Gasteiger partial charge in [0.1, 0.15) is 11.9 Å². The van der Waals surface area contributed by atoms with Crippen molar-refractivity contribution in [1.29, 1.82) is 5.26 Å². The van der Waals surface area contributed by atoms with E-state index in [1.165, 1.54) is 7.11 Å². The molecular weight excluding hydrogens is 244 g/mol. The third-order valence-electron chi connectivity index (χ3n) is 3.14. The van der Waals surface area contributed by atoms with Gasteiger partial charge in [0.05, 0.1) is 12.7 Å². The molecule has 1 aliphatic heterocycles. The molecule has 19 heavy (non-hydrogen) atoms. The molecule has 1 aromatic heterocycles. The lowest BCUT2D eigenvalue weighted by atomic mass is 10.2. The summed E-state index contributed by atoms with van der Waals surface area (Å²) >= 11 is 0. The molecule has 0 atom stereocenters. The number of nitrogens with zero attached hydrogens (tertiary/aromatic N) is 4. The maximum atomic E-state index is 11.5. The molecule has 0 N–H and O–H groups in total. The standard InChI is InChI=1S/C13H16N4O2/c1-19-13(18)17-7-3-6-16(8-9-17)12-11(10-14)4-2-5-15-12/h2,4-5H,3,6-9H2,1H3. The van der Waals surface area contributed by atoms with E-state index in [1.807, 2.05) is 4.90 Å². The van der Waals surface area contributed by atoms with E-state index >= 15 is 0 Å². The minimum absolute atomic E-state index is 0.302. The van der Waals surface area contributed by atoms with Crippen molar-refractivity contribution in [3.8, 4) is 6.07 Å². The van der Waals surface area contributed by atoms with Crippen LogP contribution in [0.5, 0.6) is 0 Å². The zero-order valence-electron chi connectivity index (χ0n) is 10.9. The molecule has 1 saturated heterocycles. The fourth-order valence-corrected chi connectivity index (χ4v) is 2.18.